The lowest BCUT2D eigenvalue weighted by Crippen LogP contribution is -2.20. The summed E-state index contributed by atoms with van der Waals surface area (Å²) in [5.74, 6) is 0.464. The Bertz CT molecular complexity index is 537. The van der Waals surface area contributed by atoms with Crippen LogP contribution in [0.25, 0.3) is 0 Å². The van der Waals surface area contributed by atoms with Crippen LogP contribution in [0.15, 0.2) is 29.4 Å². The minimum atomic E-state index is -5.39. The molecule has 0 fully saturated rings. The molecule has 0 bridgehead atoms. The second kappa shape index (κ2) is 6.00. The molecule has 0 aliphatic heterocycles. The summed E-state index contributed by atoms with van der Waals surface area (Å²) in [4.78, 5) is 0. The van der Waals surface area contributed by atoms with Gasteiger partial charge < -0.3 is 4.74 Å². The van der Waals surface area contributed by atoms with Crippen molar-refractivity contribution in [2.75, 3.05) is 7.11 Å². The standard InChI is InChI=1S/C10H9F3N2O4S/c1-18-8-4-2-7(3-5-8)9(6-14)15-19-20(16,17)10(11,12)13/h2-5,16-17H,1H3/b15-9+. The molecule has 0 atom stereocenters. The molecule has 0 saturated heterocycles. The molecule has 0 heterocycles. The van der Waals surface area contributed by atoms with E-state index in [0.29, 0.717) is 5.75 Å². The fraction of sp³-hybridized carbons (Fsp3) is 0.200. The molecule has 1 rings (SSSR count). The number of alkyl halides is 3. The summed E-state index contributed by atoms with van der Waals surface area (Å²) < 4.78 is 62.3. The molecule has 20 heavy (non-hydrogen) atoms. The summed E-state index contributed by atoms with van der Waals surface area (Å²) in [6.45, 7) is 0. The van der Waals surface area contributed by atoms with Crippen LogP contribution >= 0.6 is 10.9 Å². The lowest BCUT2D eigenvalue weighted by molar-refractivity contribution is -0.0666. The van der Waals surface area contributed by atoms with Crippen molar-refractivity contribution in [3.8, 4) is 11.8 Å². The van der Waals surface area contributed by atoms with Gasteiger partial charge in [-0.1, -0.05) is 5.16 Å². The van der Waals surface area contributed by atoms with Crippen molar-refractivity contribution in [1.82, 2.24) is 0 Å². The highest BCUT2D eigenvalue weighted by Gasteiger charge is 2.52. The van der Waals surface area contributed by atoms with Gasteiger partial charge in [0.05, 0.1) is 7.11 Å². The third kappa shape index (κ3) is 3.77. The quantitative estimate of drug-likeness (QED) is 0.658. The van der Waals surface area contributed by atoms with Crippen LogP contribution in [0.2, 0.25) is 0 Å². The highest BCUT2D eigenvalue weighted by atomic mass is 32.3. The van der Waals surface area contributed by atoms with Gasteiger partial charge in [0, 0.05) is 5.56 Å². The van der Waals surface area contributed by atoms with Crippen molar-refractivity contribution in [1.29, 1.82) is 5.26 Å². The Labute approximate surface area is 113 Å². The molecule has 0 radical (unpaired) electrons. The molecule has 0 aliphatic carbocycles. The van der Waals surface area contributed by atoms with Crippen LogP contribution in [0.5, 0.6) is 5.75 Å². The van der Waals surface area contributed by atoms with Crippen LogP contribution in [0.1, 0.15) is 5.56 Å². The second-order valence-electron chi connectivity index (χ2n) is 3.30. The Morgan fingerprint density at radius 3 is 2.25 bits per heavy atom. The zero-order valence-electron chi connectivity index (χ0n) is 9.96. The smallest absolute Gasteiger partial charge is 0.497 e. The van der Waals surface area contributed by atoms with Gasteiger partial charge in [-0.05, 0) is 24.3 Å². The number of nitrogens with zero attached hydrogens (tertiary/aromatic N) is 2. The van der Waals surface area contributed by atoms with Crippen LogP contribution in [0.4, 0.5) is 13.2 Å². The summed E-state index contributed by atoms with van der Waals surface area (Å²) in [6.07, 6.45) is 0. The van der Waals surface area contributed by atoms with Crippen molar-refractivity contribution in [3.63, 3.8) is 0 Å². The fourth-order valence-electron chi connectivity index (χ4n) is 1.02. The number of halogens is 3. The lowest BCUT2D eigenvalue weighted by Gasteiger charge is -2.24. The highest BCUT2D eigenvalue weighted by Crippen LogP contribution is 2.56. The molecule has 6 nitrogen and oxygen atoms in total. The maximum atomic E-state index is 12.1. The maximum absolute atomic E-state index is 12.1. The number of nitriles is 1. The van der Waals surface area contributed by atoms with Crippen molar-refractivity contribution >= 4 is 16.6 Å². The Balaban J connectivity index is 2.96. The first kappa shape index (κ1) is 16.1. The maximum Gasteiger partial charge on any atom is 0.506 e. The molecule has 10 heteroatoms. The molecular weight excluding hydrogens is 301 g/mol. The van der Waals surface area contributed by atoms with E-state index in [2.05, 4.69) is 9.44 Å². The summed E-state index contributed by atoms with van der Waals surface area (Å²) in [5, 5.41) is 11.6. The minimum absolute atomic E-state index is 0.130. The topological polar surface area (TPSA) is 95.1 Å². The van der Waals surface area contributed by atoms with Crippen LogP contribution < -0.4 is 4.74 Å². The van der Waals surface area contributed by atoms with Gasteiger partial charge in [0.2, 0.25) is 0 Å². The largest absolute Gasteiger partial charge is 0.506 e. The van der Waals surface area contributed by atoms with E-state index < -0.39 is 22.1 Å². The molecule has 1 aromatic carbocycles. The number of oxime groups is 1. The van der Waals surface area contributed by atoms with E-state index in [1.807, 2.05) is 0 Å². The molecule has 2 N–H and O–H groups in total. The van der Waals surface area contributed by atoms with Crippen LogP contribution in [0, 0.1) is 11.3 Å². The van der Waals surface area contributed by atoms with Gasteiger partial charge in [0.25, 0.3) is 10.9 Å². The van der Waals surface area contributed by atoms with E-state index in [9.17, 15) is 13.2 Å². The van der Waals surface area contributed by atoms with Crippen LogP contribution in [-0.2, 0) is 4.28 Å². The molecule has 0 aliphatic rings. The molecule has 0 unspecified atom stereocenters. The average molecular weight is 310 g/mol. The van der Waals surface area contributed by atoms with Crippen molar-refractivity contribution in [2.45, 2.75) is 5.51 Å². The van der Waals surface area contributed by atoms with Crippen molar-refractivity contribution < 1.29 is 31.3 Å². The normalized spacial score (nSPS) is 13.6. The zero-order chi connectivity index (χ0) is 15.4. The van der Waals surface area contributed by atoms with Crippen molar-refractivity contribution in [2.24, 2.45) is 5.16 Å². The highest BCUT2D eigenvalue weighted by molar-refractivity contribution is 8.20. The Hall–Kier alpha value is -1.96. The first-order valence-corrected chi connectivity index (χ1v) is 6.34. The fourth-order valence-corrected chi connectivity index (χ4v) is 1.28. The van der Waals surface area contributed by atoms with E-state index in [1.54, 1.807) is 0 Å². The van der Waals surface area contributed by atoms with E-state index in [-0.39, 0.29) is 5.56 Å². The molecule has 110 valence electrons. The van der Waals surface area contributed by atoms with Crippen molar-refractivity contribution in [3.05, 3.63) is 29.8 Å². The van der Waals surface area contributed by atoms with Crippen LogP contribution in [-0.4, -0.2) is 27.4 Å². The van der Waals surface area contributed by atoms with Gasteiger partial charge in [0.15, 0.2) is 5.71 Å². The third-order valence-electron chi connectivity index (χ3n) is 2.00. The molecule has 0 amide bonds. The van der Waals surface area contributed by atoms with Crippen LogP contribution in [0.3, 0.4) is 0 Å². The lowest BCUT2D eigenvalue weighted by atomic mass is 10.1. The number of hydrogen-bond donors (Lipinski definition) is 2. The Morgan fingerprint density at radius 2 is 1.85 bits per heavy atom. The van der Waals surface area contributed by atoms with Gasteiger partial charge in [-0.2, -0.15) is 18.4 Å². The predicted octanol–water partition coefficient (Wildman–Crippen LogP) is 3.12. The third-order valence-corrected chi connectivity index (χ3v) is 2.89. The SMILES string of the molecule is COc1ccc(/C(C#N)=N/OS(O)(O)C(F)(F)F)cc1. The first-order chi connectivity index (χ1) is 9.21. The van der Waals surface area contributed by atoms with Gasteiger partial charge in [-0.15, -0.1) is 0 Å². The Morgan fingerprint density at radius 1 is 1.30 bits per heavy atom. The summed E-state index contributed by atoms with van der Waals surface area (Å²) >= 11 is 0. The minimum Gasteiger partial charge on any atom is -0.497 e. The van der Waals surface area contributed by atoms with Gasteiger partial charge >= 0.3 is 5.51 Å². The summed E-state index contributed by atoms with van der Waals surface area (Å²) in [5.41, 5.74) is -5.81. The first-order valence-electron chi connectivity index (χ1n) is 4.87. The van der Waals surface area contributed by atoms with E-state index in [4.69, 9.17) is 19.1 Å². The number of rotatable bonds is 4. The molecule has 0 aromatic heterocycles. The Kier molecular flexibility index (Phi) is 4.83. The average Bonchev–Trinajstić information content (AvgIpc) is 2.38. The predicted molar refractivity (Wildman–Crippen MR) is 65.1 cm³/mol. The molecule has 1 aromatic rings. The van der Waals surface area contributed by atoms with E-state index >= 15 is 0 Å². The monoisotopic (exact) mass is 310 g/mol. The number of hydrogen-bond acceptors (Lipinski definition) is 6. The zero-order valence-corrected chi connectivity index (χ0v) is 10.8. The summed E-state index contributed by atoms with van der Waals surface area (Å²) in [7, 11) is -3.97. The van der Waals surface area contributed by atoms with Gasteiger partial charge in [-0.25, -0.2) is 0 Å². The molecule has 0 saturated carbocycles. The number of ether oxygens (including phenoxy) is 1. The van der Waals surface area contributed by atoms with Gasteiger partial charge in [-0.3, -0.25) is 13.4 Å². The van der Waals surface area contributed by atoms with Gasteiger partial charge in [0.1, 0.15) is 11.8 Å². The van der Waals surface area contributed by atoms with E-state index in [0.717, 1.165) is 0 Å². The number of benzene rings is 1. The number of methoxy groups -OCH3 is 1. The second-order valence-corrected chi connectivity index (χ2v) is 4.90. The molecule has 0 spiro atoms. The summed E-state index contributed by atoms with van der Waals surface area (Å²) in [6, 6.07) is 7.09. The molecular formula is C10H9F3N2O4S. The van der Waals surface area contributed by atoms with E-state index in [1.165, 1.54) is 37.4 Å².